The molecule has 8 heteroatoms. The van der Waals surface area contributed by atoms with Gasteiger partial charge in [-0.15, -0.1) is 0 Å². The molecule has 0 aromatic heterocycles. The second kappa shape index (κ2) is 11.1. The third-order valence-corrected chi connectivity index (χ3v) is 4.67. The molecule has 0 saturated heterocycles. The van der Waals surface area contributed by atoms with E-state index in [2.05, 4.69) is 26.3 Å². The van der Waals surface area contributed by atoms with Crippen LogP contribution in [0.1, 0.15) is 67.2 Å². The van der Waals surface area contributed by atoms with Crippen LogP contribution < -0.4 is 21.3 Å². The Morgan fingerprint density at radius 1 is 1.00 bits per heavy atom. The van der Waals surface area contributed by atoms with Gasteiger partial charge in [-0.25, -0.2) is 4.79 Å². The van der Waals surface area contributed by atoms with Crippen LogP contribution in [0.5, 0.6) is 0 Å². The van der Waals surface area contributed by atoms with Gasteiger partial charge >= 0.3 is 6.09 Å². The molecule has 1 fully saturated rings. The maximum atomic E-state index is 12.2. The van der Waals surface area contributed by atoms with Crippen molar-refractivity contribution in [1.29, 1.82) is 0 Å². The van der Waals surface area contributed by atoms with E-state index in [4.69, 9.17) is 4.74 Å². The topological polar surface area (TPSA) is 104 Å². The molecule has 0 aromatic carbocycles. The second-order valence-electron chi connectivity index (χ2n) is 8.30. The molecular formula is C20H39N5O3. The van der Waals surface area contributed by atoms with Crippen molar-refractivity contribution in [3.63, 3.8) is 0 Å². The van der Waals surface area contributed by atoms with Gasteiger partial charge < -0.3 is 26.0 Å². The van der Waals surface area contributed by atoms with Crippen molar-refractivity contribution in [2.45, 2.75) is 78.4 Å². The van der Waals surface area contributed by atoms with Gasteiger partial charge in [-0.3, -0.25) is 9.79 Å². The lowest BCUT2D eigenvalue weighted by atomic mass is 9.93. The van der Waals surface area contributed by atoms with E-state index < -0.39 is 17.2 Å². The minimum atomic E-state index is -0.540. The van der Waals surface area contributed by atoms with Crippen LogP contribution in [0, 0.1) is 5.92 Å². The third-order valence-electron chi connectivity index (χ3n) is 4.67. The zero-order valence-corrected chi connectivity index (χ0v) is 18.4. The minimum absolute atomic E-state index is 0.140. The van der Waals surface area contributed by atoms with Gasteiger partial charge in [0.05, 0.1) is 12.1 Å². The Bertz CT molecular complexity index is 534. The number of carbonyl (C=O) groups is 2. The summed E-state index contributed by atoms with van der Waals surface area (Å²) in [6, 6.07) is 0. The first-order valence-corrected chi connectivity index (χ1v) is 10.5. The molecule has 0 aliphatic heterocycles. The number of carbonyl (C=O) groups excluding carboxylic acids is 2. The molecule has 28 heavy (non-hydrogen) atoms. The lowest BCUT2D eigenvalue weighted by Gasteiger charge is -2.32. The normalized spacial score (nSPS) is 15.0. The molecule has 1 aliphatic carbocycles. The summed E-state index contributed by atoms with van der Waals surface area (Å²) in [6.07, 6.45) is 3.06. The highest BCUT2D eigenvalue weighted by atomic mass is 16.6. The van der Waals surface area contributed by atoms with Gasteiger partial charge in [-0.05, 0) is 53.4 Å². The molecule has 162 valence electrons. The number of hydrogen-bond donors (Lipinski definition) is 4. The number of amides is 2. The van der Waals surface area contributed by atoms with Gasteiger partial charge in [-0.2, -0.15) is 0 Å². The van der Waals surface area contributed by atoms with E-state index in [-0.39, 0.29) is 11.8 Å². The first-order valence-electron chi connectivity index (χ1n) is 10.5. The maximum Gasteiger partial charge on any atom is 0.408 e. The van der Waals surface area contributed by atoms with E-state index in [1.165, 1.54) is 0 Å². The van der Waals surface area contributed by atoms with Crippen molar-refractivity contribution in [3.8, 4) is 0 Å². The first kappa shape index (κ1) is 24.0. The summed E-state index contributed by atoms with van der Waals surface area (Å²) in [7, 11) is 0. The number of rotatable bonds is 10. The largest absolute Gasteiger partial charge is 0.444 e. The smallest absolute Gasteiger partial charge is 0.408 e. The van der Waals surface area contributed by atoms with Crippen molar-refractivity contribution < 1.29 is 14.3 Å². The summed E-state index contributed by atoms with van der Waals surface area (Å²) in [5.41, 5.74) is -1.01. The average Bonchev–Trinajstić information content (AvgIpc) is 3.45. The Balaban J connectivity index is 2.59. The van der Waals surface area contributed by atoms with Crippen LogP contribution in [0.4, 0.5) is 4.79 Å². The molecular weight excluding hydrogens is 358 g/mol. The van der Waals surface area contributed by atoms with Gasteiger partial charge in [-0.1, -0.05) is 13.8 Å². The van der Waals surface area contributed by atoms with Crippen LogP contribution >= 0.6 is 0 Å². The molecule has 0 radical (unpaired) electrons. The highest BCUT2D eigenvalue weighted by Crippen LogP contribution is 2.28. The molecule has 0 unspecified atom stereocenters. The molecule has 1 saturated carbocycles. The van der Waals surface area contributed by atoms with Crippen LogP contribution in [-0.4, -0.2) is 55.3 Å². The Labute approximate surface area is 169 Å². The summed E-state index contributed by atoms with van der Waals surface area (Å²) in [5.74, 6) is 1.03. The summed E-state index contributed by atoms with van der Waals surface area (Å²) in [6.45, 7) is 13.9. The van der Waals surface area contributed by atoms with Gasteiger partial charge in [0.25, 0.3) is 0 Å². The fraction of sp³-hybridized carbons (Fsp3) is 0.850. The van der Waals surface area contributed by atoms with Crippen molar-refractivity contribution in [2.75, 3.05) is 26.2 Å². The molecule has 1 aliphatic rings. The molecule has 0 heterocycles. The standard InChI is InChI=1S/C20H39N5O3/c1-7-20(8-2,25-18(27)28-19(4,5)6)14-24-17(21-9-3)23-13-12-22-16(26)15-10-11-15/h15H,7-14H2,1-6H3,(H,22,26)(H,25,27)(H2,21,23,24). The van der Waals surface area contributed by atoms with Crippen molar-refractivity contribution in [1.82, 2.24) is 21.3 Å². The average molecular weight is 398 g/mol. The number of ether oxygens (including phenoxy) is 1. The second-order valence-corrected chi connectivity index (χ2v) is 8.30. The van der Waals surface area contributed by atoms with Crippen molar-refractivity contribution in [2.24, 2.45) is 10.9 Å². The lowest BCUT2D eigenvalue weighted by molar-refractivity contribution is -0.122. The summed E-state index contributed by atoms with van der Waals surface area (Å²) >= 11 is 0. The highest BCUT2D eigenvalue weighted by Gasteiger charge is 2.31. The number of aliphatic imine (C=N–C) groups is 1. The molecule has 0 aromatic rings. The SMILES string of the molecule is CCNC(=NCC(CC)(CC)NC(=O)OC(C)(C)C)NCCNC(=O)C1CC1. The van der Waals surface area contributed by atoms with Gasteiger partial charge in [0.15, 0.2) is 5.96 Å². The molecule has 0 atom stereocenters. The Kier molecular flexibility index (Phi) is 9.55. The Hall–Kier alpha value is -1.99. The van der Waals surface area contributed by atoms with Gasteiger partial charge in [0.2, 0.25) is 5.91 Å². The number of guanidine groups is 1. The molecule has 8 nitrogen and oxygen atoms in total. The predicted octanol–water partition coefficient (Wildman–Crippen LogP) is 2.15. The van der Waals surface area contributed by atoms with Crippen LogP contribution in [0.25, 0.3) is 0 Å². The third kappa shape index (κ3) is 9.28. The van der Waals surface area contributed by atoms with Crippen LogP contribution in [-0.2, 0) is 9.53 Å². The Morgan fingerprint density at radius 2 is 1.61 bits per heavy atom. The number of alkyl carbamates (subject to hydrolysis) is 1. The quantitative estimate of drug-likeness (QED) is 0.257. The first-order chi connectivity index (χ1) is 13.1. The van der Waals surface area contributed by atoms with Gasteiger partial charge in [0, 0.05) is 25.6 Å². The van der Waals surface area contributed by atoms with E-state index >= 15 is 0 Å². The van der Waals surface area contributed by atoms with Gasteiger partial charge in [0.1, 0.15) is 5.60 Å². The summed E-state index contributed by atoms with van der Waals surface area (Å²) in [4.78, 5) is 28.6. The molecule has 1 rings (SSSR count). The van der Waals surface area contributed by atoms with Crippen molar-refractivity contribution in [3.05, 3.63) is 0 Å². The van der Waals surface area contributed by atoms with Crippen LogP contribution in [0.3, 0.4) is 0 Å². The number of nitrogens with one attached hydrogen (secondary N) is 4. The lowest BCUT2D eigenvalue weighted by Crippen LogP contribution is -2.52. The number of hydrogen-bond acceptors (Lipinski definition) is 4. The predicted molar refractivity (Wildman–Crippen MR) is 112 cm³/mol. The van der Waals surface area contributed by atoms with E-state index in [1.54, 1.807) is 0 Å². The van der Waals surface area contributed by atoms with E-state index in [0.717, 1.165) is 32.2 Å². The molecule has 4 N–H and O–H groups in total. The fourth-order valence-corrected chi connectivity index (χ4v) is 2.64. The highest BCUT2D eigenvalue weighted by molar-refractivity contribution is 5.81. The van der Waals surface area contributed by atoms with E-state index in [1.807, 2.05) is 41.5 Å². The zero-order chi connectivity index (χ0) is 21.2. The molecule has 2 amide bonds. The van der Waals surface area contributed by atoms with E-state index in [9.17, 15) is 9.59 Å². The summed E-state index contributed by atoms with van der Waals surface area (Å²) in [5, 5.41) is 12.4. The van der Waals surface area contributed by atoms with Crippen molar-refractivity contribution >= 4 is 18.0 Å². The molecule has 0 bridgehead atoms. The maximum absolute atomic E-state index is 12.2. The minimum Gasteiger partial charge on any atom is -0.444 e. The molecule has 0 spiro atoms. The zero-order valence-electron chi connectivity index (χ0n) is 18.4. The fourth-order valence-electron chi connectivity index (χ4n) is 2.64. The van der Waals surface area contributed by atoms with Crippen LogP contribution in [0.2, 0.25) is 0 Å². The monoisotopic (exact) mass is 397 g/mol. The van der Waals surface area contributed by atoms with Crippen LogP contribution in [0.15, 0.2) is 4.99 Å². The Morgan fingerprint density at radius 3 is 2.11 bits per heavy atom. The number of nitrogens with zero attached hydrogens (tertiary/aromatic N) is 1. The summed E-state index contributed by atoms with van der Waals surface area (Å²) < 4.78 is 5.41. The van der Waals surface area contributed by atoms with E-state index in [0.29, 0.717) is 25.6 Å².